The summed E-state index contributed by atoms with van der Waals surface area (Å²) < 4.78 is 27.7. The maximum atomic E-state index is 14.5. The number of aromatic amines is 2. The summed E-state index contributed by atoms with van der Waals surface area (Å²) in [6.07, 6.45) is 1.71. The van der Waals surface area contributed by atoms with Gasteiger partial charge in [-0.05, 0) is 42.5 Å². The number of halogens is 2. The van der Waals surface area contributed by atoms with Crippen LogP contribution in [0.1, 0.15) is 0 Å². The molecule has 2 nitrogen and oxygen atoms in total. The van der Waals surface area contributed by atoms with Gasteiger partial charge in [-0.1, -0.05) is 0 Å². The van der Waals surface area contributed by atoms with Crippen molar-refractivity contribution in [3.8, 4) is 11.3 Å². The van der Waals surface area contributed by atoms with Gasteiger partial charge in [0.05, 0.1) is 0 Å². The molecule has 0 fully saturated rings. The number of fused-ring (bicyclic) bond motifs is 2. The molecule has 0 atom stereocenters. The van der Waals surface area contributed by atoms with Gasteiger partial charge >= 0.3 is 0 Å². The van der Waals surface area contributed by atoms with E-state index in [0.29, 0.717) is 16.6 Å². The van der Waals surface area contributed by atoms with Crippen LogP contribution >= 0.6 is 0 Å². The second-order valence-electron chi connectivity index (χ2n) is 4.78. The van der Waals surface area contributed by atoms with Crippen LogP contribution in [-0.2, 0) is 0 Å². The minimum absolute atomic E-state index is 0.282. The van der Waals surface area contributed by atoms with Crippen molar-refractivity contribution in [1.82, 2.24) is 9.97 Å². The fraction of sp³-hybridized carbons (Fsp3) is 0. The molecule has 0 bridgehead atoms. The van der Waals surface area contributed by atoms with Crippen LogP contribution in [0.2, 0.25) is 0 Å². The van der Waals surface area contributed by atoms with Gasteiger partial charge in [-0.15, -0.1) is 0 Å². The first-order valence-electron chi connectivity index (χ1n) is 6.26. The van der Waals surface area contributed by atoms with E-state index in [1.54, 1.807) is 30.5 Å². The minimum atomic E-state index is -0.301. The first kappa shape index (κ1) is 11.2. The average Bonchev–Trinajstić information content (AvgIpc) is 3.04. The molecule has 2 N–H and O–H groups in total. The summed E-state index contributed by atoms with van der Waals surface area (Å²) in [4.78, 5) is 6.09. The van der Waals surface area contributed by atoms with Crippen LogP contribution in [0.25, 0.3) is 33.1 Å². The van der Waals surface area contributed by atoms with Crippen LogP contribution in [0.15, 0.2) is 48.7 Å². The van der Waals surface area contributed by atoms with Crippen molar-refractivity contribution in [2.75, 3.05) is 0 Å². The minimum Gasteiger partial charge on any atom is -0.361 e. The summed E-state index contributed by atoms with van der Waals surface area (Å²) in [5.41, 5.74) is 2.67. The fourth-order valence-corrected chi connectivity index (χ4v) is 2.55. The monoisotopic (exact) mass is 268 g/mol. The van der Waals surface area contributed by atoms with Crippen molar-refractivity contribution in [3.63, 3.8) is 0 Å². The van der Waals surface area contributed by atoms with Crippen LogP contribution < -0.4 is 0 Å². The van der Waals surface area contributed by atoms with Crippen LogP contribution in [0.5, 0.6) is 0 Å². The highest BCUT2D eigenvalue weighted by atomic mass is 19.1. The van der Waals surface area contributed by atoms with E-state index in [4.69, 9.17) is 0 Å². The molecule has 0 aliphatic heterocycles. The molecule has 2 heterocycles. The van der Waals surface area contributed by atoms with Crippen LogP contribution in [0, 0.1) is 11.6 Å². The quantitative estimate of drug-likeness (QED) is 0.506. The molecule has 4 rings (SSSR count). The van der Waals surface area contributed by atoms with Gasteiger partial charge in [0.2, 0.25) is 0 Å². The lowest BCUT2D eigenvalue weighted by Crippen LogP contribution is -1.85. The Balaban J connectivity index is 1.98. The van der Waals surface area contributed by atoms with Crippen LogP contribution in [0.3, 0.4) is 0 Å². The number of aromatic nitrogens is 2. The van der Waals surface area contributed by atoms with E-state index in [9.17, 15) is 8.78 Å². The molecule has 4 heteroatoms. The smallest absolute Gasteiger partial charge is 0.141 e. The number of nitrogens with one attached hydrogen (secondary N) is 2. The Hall–Kier alpha value is -2.62. The van der Waals surface area contributed by atoms with E-state index in [1.165, 1.54) is 12.1 Å². The molecule has 0 radical (unpaired) electrons. The third-order valence-electron chi connectivity index (χ3n) is 3.54. The normalized spacial score (nSPS) is 11.5. The van der Waals surface area contributed by atoms with Gasteiger partial charge in [0.15, 0.2) is 0 Å². The fourth-order valence-electron chi connectivity index (χ4n) is 2.55. The van der Waals surface area contributed by atoms with E-state index in [-0.39, 0.29) is 11.6 Å². The molecule has 0 unspecified atom stereocenters. The van der Waals surface area contributed by atoms with Crippen LogP contribution in [-0.4, -0.2) is 9.97 Å². The van der Waals surface area contributed by atoms with Gasteiger partial charge in [0, 0.05) is 39.3 Å². The van der Waals surface area contributed by atoms with E-state index >= 15 is 0 Å². The van der Waals surface area contributed by atoms with E-state index in [2.05, 4.69) is 9.97 Å². The highest BCUT2D eigenvalue weighted by Gasteiger charge is 2.12. The summed E-state index contributed by atoms with van der Waals surface area (Å²) in [5.74, 6) is -0.583. The molecule has 20 heavy (non-hydrogen) atoms. The van der Waals surface area contributed by atoms with Gasteiger partial charge < -0.3 is 9.97 Å². The van der Waals surface area contributed by atoms with E-state index < -0.39 is 0 Å². The topological polar surface area (TPSA) is 31.6 Å². The third kappa shape index (κ3) is 1.54. The van der Waals surface area contributed by atoms with Gasteiger partial charge in [-0.2, -0.15) is 0 Å². The first-order valence-corrected chi connectivity index (χ1v) is 6.26. The molecular formula is C16H10F2N2. The van der Waals surface area contributed by atoms with Crippen molar-refractivity contribution < 1.29 is 8.78 Å². The third-order valence-corrected chi connectivity index (χ3v) is 3.54. The zero-order chi connectivity index (χ0) is 13.7. The predicted molar refractivity (Wildman–Crippen MR) is 75.5 cm³/mol. The number of benzene rings is 2. The van der Waals surface area contributed by atoms with Gasteiger partial charge in [-0.3, -0.25) is 0 Å². The van der Waals surface area contributed by atoms with E-state index in [1.807, 2.05) is 6.07 Å². The second-order valence-corrected chi connectivity index (χ2v) is 4.78. The molecule has 0 aliphatic carbocycles. The zero-order valence-electron chi connectivity index (χ0n) is 10.4. The number of hydrogen-bond donors (Lipinski definition) is 2. The number of rotatable bonds is 1. The van der Waals surface area contributed by atoms with Crippen LogP contribution in [0.4, 0.5) is 8.78 Å². The van der Waals surface area contributed by atoms with Crippen molar-refractivity contribution in [1.29, 1.82) is 0 Å². The molecule has 0 saturated heterocycles. The summed E-state index contributed by atoms with van der Waals surface area (Å²) >= 11 is 0. The number of H-pyrrole nitrogens is 2. The summed E-state index contributed by atoms with van der Waals surface area (Å²) in [5, 5.41) is 1.28. The van der Waals surface area contributed by atoms with Crippen molar-refractivity contribution in [3.05, 3.63) is 60.3 Å². The Morgan fingerprint density at radius 1 is 0.850 bits per heavy atom. The van der Waals surface area contributed by atoms with Gasteiger partial charge in [0.25, 0.3) is 0 Å². The molecular weight excluding hydrogens is 258 g/mol. The van der Waals surface area contributed by atoms with Gasteiger partial charge in [0.1, 0.15) is 11.6 Å². The Morgan fingerprint density at radius 3 is 2.60 bits per heavy atom. The van der Waals surface area contributed by atoms with Crippen molar-refractivity contribution in [2.45, 2.75) is 0 Å². The summed E-state index contributed by atoms with van der Waals surface area (Å²) in [6, 6.07) is 11.5. The lowest BCUT2D eigenvalue weighted by atomic mass is 10.1. The highest BCUT2D eigenvalue weighted by molar-refractivity contribution is 5.90. The Bertz CT molecular complexity index is 934. The van der Waals surface area contributed by atoms with E-state index in [0.717, 1.165) is 16.4 Å². The molecule has 0 aliphatic rings. The summed E-state index contributed by atoms with van der Waals surface area (Å²) in [7, 11) is 0. The molecule has 0 saturated carbocycles. The first-order chi connectivity index (χ1) is 9.72. The summed E-state index contributed by atoms with van der Waals surface area (Å²) in [6.45, 7) is 0. The maximum Gasteiger partial charge on any atom is 0.141 e. The Labute approximate surface area is 113 Å². The Morgan fingerprint density at radius 2 is 1.70 bits per heavy atom. The standard InChI is InChI=1S/C16H10F2N2/c17-10-1-3-13-9(7-10)8-15(20-13)11-2-4-14-12(16(11)18)5-6-19-14/h1-8,19-20H. The largest absolute Gasteiger partial charge is 0.361 e. The molecule has 98 valence electrons. The van der Waals surface area contributed by atoms with Crippen molar-refractivity contribution in [2.24, 2.45) is 0 Å². The zero-order valence-corrected chi connectivity index (χ0v) is 10.4. The highest BCUT2D eigenvalue weighted by Crippen LogP contribution is 2.30. The predicted octanol–water partition coefficient (Wildman–Crippen LogP) is 4.59. The lowest BCUT2D eigenvalue weighted by Gasteiger charge is -2.01. The molecule has 0 amide bonds. The number of hydrogen-bond acceptors (Lipinski definition) is 0. The second kappa shape index (κ2) is 3.93. The SMILES string of the molecule is Fc1ccc2[nH]c(-c3ccc4[nH]ccc4c3F)cc2c1. The average molecular weight is 268 g/mol. The molecule has 4 aromatic rings. The maximum absolute atomic E-state index is 14.5. The van der Waals surface area contributed by atoms with Crippen molar-refractivity contribution >= 4 is 21.8 Å². The van der Waals surface area contributed by atoms with Gasteiger partial charge in [-0.25, -0.2) is 8.78 Å². The Kier molecular flexibility index (Phi) is 2.21. The molecule has 0 spiro atoms. The molecule has 2 aromatic heterocycles. The lowest BCUT2D eigenvalue weighted by molar-refractivity contribution is 0.629. The molecule has 2 aromatic carbocycles.